The number of hydrogen-bond acceptors (Lipinski definition) is 2. The number of nitrogens with two attached hydrogens (primary N) is 1. The lowest BCUT2D eigenvalue weighted by molar-refractivity contribution is 0.0927. The predicted molar refractivity (Wildman–Crippen MR) is 65.3 cm³/mol. The smallest absolute Gasteiger partial charge is 0.268 e. The van der Waals surface area contributed by atoms with Gasteiger partial charge < -0.3 is 15.6 Å². The van der Waals surface area contributed by atoms with Crippen LogP contribution in [0.3, 0.4) is 0 Å². The zero-order chi connectivity index (χ0) is 12.0. The molecule has 0 saturated carbocycles. The predicted octanol–water partition coefficient (Wildman–Crippen LogP) is 1.37. The molecular formula is C12H21N3O. The van der Waals surface area contributed by atoms with Crippen molar-refractivity contribution in [3.8, 4) is 0 Å². The highest BCUT2D eigenvalue weighted by atomic mass is 16.2. The van der Waals surface area contributed by atoms with Crippen molar-refractivity contribution >= 4 is 5.91 Å². The third-order valence-electron chi connectivity index (χ3n) is 2.66. The van der Waals surface area contributed by atoms with Crippen LogP contribution < -0.4 is 11.1 Å². The molecule has 1 atom stereocenters. The van der Waals surface area contributed by atoms with Crippen LogP contribution in [0.2, 0.25) is 0 Å². The van der Waals surface area contributed by atoms with Crippen LogP contribution >= 0.6 is 0 Å². The Kier molecular flexibility index (Phi) is 5.05. The van der Waals surface area contributed by atoms with Crippen LogP contribution in [0.25, 0.3) is 0 Å². The van der Waals surface area contributed by atoms with E-state index in [9.17, 15) is 4.79 Å². The fourth-order valence-electron chi connectivity index (χ4n) is 1.75. The lowest BCUT2D eigenvalue weighted by Crippen LogP contribution is -2.40. The molecule has 0 bridgehead atoms. The van der Waals surface area contributed by atoms with Crippen molar-refractivity contribution < 1.29 is 4.79 Å². The van der Waals surface area contributed by atoms with Crippen LogP contribution in [-0.4, -0.2) is 23.1 Å². The Morgan fingerprint density at radius 1 is 1.56 bits per heavy atom. The summed E-state index contributed by atoms with van der Waals surface area (Å²) in [4.78, 5) is 11.9. The van der Waals surface area contributed by atoms with Gasteiger partial charge >= 0.3 is 0 Å². The highest BCUT2D eigenvalue weighted by Crippen LogP contribution is 2.03. The van der Waals surface area contributed by atoms with Crippen molar-refractivity contribution in [1.82, 2.24) is 9.88 Å². The van der Waals surface area contributed by atoms with E-state index < -0.39 is 0 Å². The minimum absolute atomic E-state index is 0.0317. The highest BCUT2D eigenvalue weighted by molar-refractivity contribution is 5.92. The van der Waals surface area contributed by atoms with Gasteiger partial charge in [-0.15, -0.1) is 0 Å². The van der Waals surface area contributed by atoms with E-state index in [0.29, 0.717) is 12.2 Å². The zero-order valence-electron chi connectivity index (χ0n) is 10.1. The molecule has 0 aliphatic heterocycles. The Balaban J connectivity index is 2.64. The van der Waals surface area contributed by atoms with Crippen molar-refractivity contribution in [2.24, 2.45) is 5.73 Å². The summed E-state index contributed by atoms with van der Waals surface area (Å²) >= 11 is 0. The van der Waals surface area contributed by atoms with Gasteiger partial charge in [0.25, 0.3) is 5.91 Å². The van der Waals surface area contributed by atoms with Gasteiger partial charge in [-0.3, -0.25) is 4.79 Å². The molecule has 0 aliphatic carbocycles. The first-order valence-electron chi connectivity index (χ1n) is 5.89. The highest BCUT2D eigenvalue weighted by Gasteiger charge is 2.13. The fraction of sp³-hybridized carbons (Fsp3) is 0.583. The van der Waals surface area contributed by atoms with E-state index >= 15 is 0 Å². The van der Waals surface area contributed by atoms with Crippen molar-refractivity contribution in [3.05, 3.63) is 24.0 Å². The lowest BCUT2D eigenvalue weighted by atomic mass is 10.1. The average molecular weight is 223 g/mol. The summed E-state index contributed by atoms with van der Waals surface area (Å²) in [5, 5.41) is 2.96. The first-order chi connectivity index (χ1) is 7.72. The molecule has 1 unspecified atom stereocenters. The van der Waals surface area contributed by atoms with E-state index in [4.69, 9.17) is 5.73 Å². The van der Waals surface area contributed by atoms with E-state index in [1.54, 1.807) is 0 Å². The molecule has 1 rings (SSSR count). The molecular weight excluding hydrogens is 202 g/mol. The standard InChI is InChI=1S/C12H21N3O/c1-3-6-10(9-13)14-12(16)11-7-5-8-15(11)4-2/h5,7-8,10H,3-4,6,9,13H2,1-2H3,(H,14,16). The summed E-state index contributed by atoms with van der Waals surface area (Å²) in [6.45, 7) is 5.40. The van der Waals surface area contributed by atoms with Crippen molar-refractivity contribution in [2.45, 2.75) is 39.3 Å². The SMILES string of the molecule is CCCC(CN)NC(=O)c1cccn1CC. The van der Waals surface area contributed by atoms with Crippen LogP contribution in [0.15, 0.2) is 18.3 Å². The van der Waals surface area contributed by atoms with E-state index in [1.165, 1.54) is 0 Å². The Bertz CT molecular complexity index is 333. The molecule has 16 heavy (non-hydrogen) atoms. The van der Waals surface area contributed by atoms with E-state index in [1.807, 2.05) is 29.8 Å². The topological polar surface area (TPSA) is 60.0 Å². The normalized spacial score (nSPS) is 12.4. The molecule has 1 heterocycles. The minimum Gasteiger partial charge on any atom is -0.347 e. The number of rotatable bonds is 6. The van der Waals surface area contributed by atoms with Gasteiger partial charge in [0.05, 0.1) is 0 Å². The number of hydrogen-bond donors (Lipinski definition) is 2. The van der Waals surface area contributed by atoms with Crippen molar-refractivity contribution in [2.75, 3.05) is 6.54 Å². The summed E-state index contributed by atoms with van der Waals surface area (Å²) < 4.78 is 1.93. The third kappa shape index (κ3) is 3.10. The van der Waals surface area contributed by atoms with Gasteiger partial charge in [-0.1, -0.05) is 13.3 Å². The molecule has 90 valence electrons. The second kappa shape index (κ2) is 6.33. The summed E-state index contributed by atoms with van der Waals surface area (Å²) in [6, 6.07) is 3.80. The maximum atomic E-state index is 11.9. The summed E-state index contributed by atoms with van der Waals surface area (Å²) in [5.41, 5.74) is 6.32. The number of nitrogens with one attached hydrogen (secondary N) is 1. The van der Waals surface area contributed by atoms with E-state index in [2.05, 4.69) is 12.2 Å². The lowest BCUT2D eigenvalue weighted by Gasteiger charge is -2.16. The number of carbonyl (C=O) groups excluding carboxylic acids is 1. The molecule has 0 fully saturated rings. The molecule has 1 aromatic rings. The number of aryl methyl sites for hydroxylation is 1. The second-order valence-electron chi connectivity index (χ2n) is 3.87. The van der Waals surface area contributed by atoms with E-state index in [0.717, 1.165) is 19.4 Å². The molecule has 4 nitrogen and oxygen atoms in total. The molecule has 0 spiro atoms. The van der Waals surface area contributed by atoms with Crippen molar-refractivity contribution in [1.29, 1.82) is 0 Å². The Morgan fingerprint density at radius 3 is 2.88 bits per heavy atom. The summed E-state index contributed by atoms with van der Waals surface area (Å²) in [7, 11) is 0. The van der Waals surface area contributed by atoms with E-state index in [-0.39, 0.29) is 11.9 Å². The molecule has 0 radical (unpaired) electrons. The second-order valence-corrected chi connectivity index (χ2v) is 3.87. The summed E-state index contributed by atoms with van der Waals surface area (Å²) in [5.74, 6) is -0.0317. The molecule has 0 aliphatic rings. The molecule has 0 saturated heterocycles. The number of nitrogens with zero attached hydrogens (tertiary/aromatic N) is 1. The number of aromatic nitrogens is 1. The van der Waals surface area contributed by atoms with Crippen LogP contribution in [-0.2, 0) is 6.54 Å². The number of carbonyl (C=O) groups is 1. The van der Waals surface area contributed by atoms with Crippen LogP contribution in [0.5, 0.6) is 0 Å². The Labute approximate surface area is 96.8 Å². The largest absolute Gasteiger partial charge is 0.347 e. The van der Waals surface area contributed by atoms with Gasteiger partial charge in [0.15, 0.2) is 0 Å². The first kappa shape index (κ1) is 12.8. The fourth-order valence-corrected chi connectivity index (χ4v) is 1.75. The molecule has 4 heteroatoms. The van der Waals surface area contributed by atoms with Crippen LogP contribution in [0.1, 0.15) is 37.2 Å². The Hall–Kier alpha value is -1.29. The van der Waals surface area contributed by atoms with Gasteiger partial charge in [-0.2, -0.15) is 0 Å². The average Bonchev–Trinajstić information content (AvgIpc) is 2.76. The summed E-state index contributed by atoms with van der Waals surface area (Å²) in [6.07, 6.45) is 3.86. The van der Waals surface area contributed by atoms with Crippen LogP contribution in [0, 0.1) is 0 Å². The monoisotopic (exact) mass is 223 g/mol. The zero-order valence-corrected chi connectivity index (χ0v) is 10.1. The van der Waals surface area contributed by atoms with Gasteiger partial charge in [-0.05, 0) is 25.5 Å². The Morgan fingerprint density at radius 2 is 2.31 bits per heavy atom. The molecule has 0 aromatic carbocycles. The molecule has 3 N–H and O–H groups in total. The first-order valence-corrected chi connectivity index (χ1v) is 5.89. The van der Waals surface area contributed by atoms with Crippen LogP contribution in [0.4, 0.5) is 0 Å². The van der Waals surface area contributed by atoms with Gasteiger partial charge in [0.2, 0.25) is 0 Å². The quantitative estimate of drug-likeness (QED) is 0.765. The molecule has 1 amide bonds. The maximum absolute atomic E-state index is 11.9. The van der Waals surface area contributed by atoms with Crippen molar-refractivity contribution in [3.63, 3.8) is 0 Å². The minimum atomic E-state index is -0.0317. The third-order valence-corrected chi connectivity index (χ3v) is 2.66. The van der Waals surface area contributed by atoms with Gasteiger partial charge in [0, 0.05) is 25.3 Å². The van der Waals surface area contributed by atoms with Gasteiger partial charge in [0.1, 0.15) is 5.69 Å². The van der Waals surface area contributed by atoms with Gasteiger partial charge in [-0.25, -0.2) is 0 Å². The molecule has 1 aromatic heterocycles. The maximum Gasteiger partial charge on any atom is 0.268 e. The number of amides is 1.